The van der Waals surface area contributed by atoms with Crippen molar-refractivity contribution in [1.82, 2.24) is 5.32 Å². The molecule has 2 nitrogen and oxygen atoms in total. The van der Waals surface area contributed by atoms with Crippen LogP contribution in [0.5, 0.6) is 0 Å². The fraction of sp³-hybridized carbons (Fsp3) is 1.00. The number of nitrogens with one attached hydrogen (secondary N) is 1. The van der Waals surface area contributed by atoms with Gasteiger partial charge in [0.1, 0.15) is 0 Å². The van der Waals surface area contributed by atoms with Crippen molar-refractivity contribution in [3.63, 3.8) is 0 Å². The van der Waals surface area contributed by atoms with Crippen LogP contribution < -0.4 is 5.32 Å². The quantitative estimate of drug-likeness (QED) is 0.734. The SMILES string of the molecule is ClCC1(CNCC2CCOC2)CCCC1. The molecule has 15 heavy (non-hydrogen) atoms. The maximum atomic E-state index is 6.10. The Hall–Kier alpha value is 0.210. The average molecular weight is 232 g/mol. The molecule has 1 aliphatic carbocycles. The van der Waals surface area contributed by atoms with Crippen LogP contribution in [0.25, 0.3) is 0 Å². The summed E-state index contributed by atoms with van der Waals surface area (Å²) in [5, 5.41) is 3.60. The predicted molar refractivity (Wildman–Crippen MR) is 63.4 cm³/mol. The van der Waals surface area contributed by atoms with Crippen molar-refractivity contribution in [3.05, 3.63) is 0 Å². The zero-order chi connectivity index (χ0) is 10.6. The van der Waals surface area contributed by atoms with Crippen molar-refractivity contribution >= 4 is 11.6 Å². The van der Waals surface area contributed by atoms with Gasteiger partial charge in [0.05, 0.1) is 6.61 Å². The molecule has 0 amide bonds. The first-order valence-electron chi connectivity index (χ1n) is 6.19. The summed E-state index contributed by atoms with van der Waals surface area (Å²) in [6, 6.07) is 0. The minimum absolute atomic E-state index is 0.404. The molecule has 3 heteroatoms. The van der Waals surface area contributed by atoms with Crippen LogP contribution in [-0.2, 0) is 4.74 Å². The minimum atomic E-state index is 0.404. The molecule has 0 aromatic rings. The lowest BCUT2D eigenvalue weighted by atomic mass is 9.88. The third-order valence-corrected chi connectivity index (χ3v) is 4.47. The van der Waals surface area contributed by atoms with E-state index in [0.29, 0.717) is 5.41 Å². The lowest BCUT2D eigenvalue weighted by molar-refractivity contribution is 0.184. The van der Waals surface area contributed by atoms with Crippen molar-refractivity contribution in [3.8, 4) is 0 Å². The molecule has 0 aromatic heterocycles. The Bertz CT molecular complexity index is 186. The second-order valence-electron chi connectivity index (χ2n) is 5.20. The molecule has 1 aliphatic heterocycles. The average Bonchev–Trinajstić information content (AvgIpc) is 2.89. The van der Waals surface area contributed by atoms with E-state index in [2.05, 4.69) is 5.32 Å². The highest BCUT2D eigenvalue weighted by Gasteiger charge is 2.32. The summed E-state index contributed by atoms with van der Waals surface area (Å²) in [6.45, 7) is 4.11. The molecule has 88 valence electrons. The predicted octanol–water partition coefficient (Wildman–Crippen LogP) is 2.41. The van der Waals surface area contributed by atoms with Gasteiger partial charge in [0, 0.05) is 25.6 Å². The largest absolute Gasteiger partial charge is 0.381 e. The highest BCUT2D eigenvalue weighted by molar-refractivity contribution is 6.18. The summed E-state index contributed by atoms with van der Waals surface area (Å²) in [5.74, 6) is 1.56. The van der Waals surface area contributed by atoms with Crippen LogP contribution >= 0.6 is 11.6 Å². The van der Waals surface area contributed by atoms with Crippen molar-refractivity contribution < 1.29 is 4.74 Å². The van der Waals surface area contributed by atoms with E-state index < -0.39 is 0 Å². The topological polar surface area (TPSA) is 21.3 Å². The van der Waals surface area contributed by atoms with Crippen molar-refractivity contribution in [2.45, 2.75) is 32.1 Å². The van der Waals surface area contributed by atoms with Gasteiger partial charge in [-0.05, 0) is 30.6 Å². The van der Waals surface area contributed by atoms with Crippen LogP contribution in [0, 0.1) is 11.3 Å². The number of ether oxygens (including phenoxy) is 1. The minimum Gasteiger partial charge on any atom is -0.381 e. The van der Waals surface area contributed by atoms with Crippen molar-refractivity contribution in [2.24, 2.45) is 11.3 Å². The zero-order valence-electron chi connectivity index (χ0n) is 9.43. The second kappa shape index (κ2) is 5.51. The first-order chi connectivity index (χ1) is 7.35. The summed E-state index contributed by atoms with van der Waals surface area (Å²) in [4.78, 5) is 0. The van der Waals surface area contributed by atoms with Gasteiger partial charge in [0.25, 0.3) is 0 Å². The summed E-state index contributed by atoms with van der Waals surface area (Å²) in [5.41, 5.74) is 0.404. The molecule has 1 saturated heterocycles. The smallest absolute Gasteiger partial charge is 0.0507 e. The molecular formula is C12H22ClNO. The molecule has 2 rings (SSSR count). The number of hydrogen-bond acceptors (Lipinski definition) is 2. The van der Waals surface area contributed by atoms with Crippen LogP contribution in [0.15, 0.2) is 0 Å². The Morgan fingerprint density at radius 2 is 2.13 bits per heavy atom. The van der Waals surface area contributed by atoms with Gasteiger partial charge in [-0.1, -0.05) is 12.8 Å². The maximum Gasteiger partial charge on any atom is 0.0507 e. The molecule has 1 atom stereocenters. The third kappa shape index (κ3) is 3.08. The number of alkyl halides is 1. The maximum absolute atomic E-state index is 6.10. The highest BCUT2D eigenvalue weighted by atomic mass is 35.5. The van der Waals surface area contributed by atoms with Crippen LogP contribution in [-0.4, -0.2) is 32.2 Å². The Balaban J connectivity index is 1.67. The summed E-state index contributed by atoms with van der Waals surface area (Å²) in [6.07, 6.45) is 6.57. The molecule has 2 fully saturated rings. The highest BCUT2D eigenvalue weighted by Crippen LogP contribution is 2.38. The van der Waals surface area contributed by atoms with Crippen molar-refractivity contribution in [2.75, 3.05) is 32.2 Å². The zero-order valence-corrected chi connectivity index (χ0v) is 10.2. The summed E-state index contributed by atoms with van der Waals surface area (Å²) < 4.78 is 5.37. The van der Waals surface area contributed by atoms with Gasteiger partial charge in [-0.25, -0.2) is 0 Å². The van der Waals surface area contributed by atoms with Gasteiger partial charge in [-0.15, -0.1) is 11.6 Å². The molecule has 0 radical (unpaired) electrons. The summed E-state index contributed by atoms with van der Waals surface area (Å²) >= 11 is 6.10. The van der Waals surface area contributed by atoms with Crippen LogP contribution in [0.4, 0.5) is 0 Å². The van der Waals surface area contributed by atoms with E-state index in [9.17, 15) is 0 Å². The fourth-order valence-corrected chi connectivity index (χ4v) is 3.13. The standard InChI is InChI=1S/C12H22ClNO/c13-9-12(4-1-2-5-12)10-14-7-11-3-6-15-8-11/h11,14H,1-10H2. The van der Waals surface area contributed by atoms with E-state index in [1.807, 2.05) is 0 Å². The lowest BCUT2D eigenvalue weighted by Crippen LogP contribution is -2.36. The Kier molecular flexibility index (Phi) is 4.30. The Morgan fingerprint density at radius 1 is 1.33 bits per heavy atom. The van der Waals surface area contributed by atoms with Gasteiger partial charge < -0.3 is 10.1 Å². The third-order valence-electron chi connectivity index (χ3n) is 3.90. The molecule has 1 unspecified atom stereocenters. The van der Waals surface area contributed by atoms with E-state index in [0.717, 1.165) is 38.1 Å². The molecule has 0 aromatic carbocycles. The number of rotatable bonds is 5. The molecule has 0 bridgehead atoms. The molecule has 1 heterocycles. The monoisotopic (exact) mass is 231 g/mol. The first-order valence-corrected chi connectivity index (χ1v) is 6.73. The fourth-order valence-electron chi connectivity index (χ4n) is 2.77. The van der Waals surface area contributed by atoms with E-state index in [4.69, 9.17) is 16.3 Å². The van der Waals surface area contributed by atoms with Gasteiger partial charge in [0.2, 0.25) is 0 Å². The van der Waals surface area contributed by atoms with Gasteiger partial charge >= 0.3 is 0 Å². The molecule has 0 spiro atoms. The van der Waals surface area contributed by atoms with Crippen LogP contribution in [0.2, 0.25) is 0 Å². The Morgan fingerprint density at radius 3 is 2.73 bits per heavy atom. The molecule has 1 saturated carbocycles. The molecule has 1 N–H and O–H groups in total. The van der Waals surface area contributed by atoms with E-state index >= 15 is 0 Å². The summed E-state index contributed by atoms with van der Waals surface area (Å²) in [7, 11) is 0. The van der Waals surface area contributed by atoms with Crippen LogP contribution in [0.3, 0.4) is 0 Å². The first kappa shape index (κ1) is 11.7. The van der Waals surface area contributed by atoms with Gasteiger partial charge in [0.15, 0.2) is 0 Å². The van der Waals surface area contributed by atoms with E-state index in [1.54, 1.807) is 0 Å². The van der Waals surface area contributed by atoms with Gasteiger partial charge in [-0.2, -0.15) is 0 Å². The normalized spacial score (nSPS) is 29.8. The number of halogens is 1. The second-order valence-corrected chi connectivity index (χ2v) is 5.47. The van der Waals surface area contributed by atoms with Crippen molar-refractivity contribution in [1.29, 1.82) is 0 Å². The Labute approximate surface area is 97.7 Å². The van der Waals surface area contributed by atoms with Gasteiger partial charge in [-0.3, -0.25) is 0 Å². The molecular weight excluding hydrogens is 210 g/mol. The molecule has 2 aliphatic rings. The lowest BCUT2D eigenvalue weighted by Gasteiger charge is -2.27. The van der Waals surface area contributed by atoms with Crippen LogP contribution in [0.1, 0.15) is 32.1 Å². The van der Waals surface area contributed by atoms with E-state index in [1.165, 1.54) is 32.1 Å². The number of hydrogen-bond donors (Lipinski definition) is 1. The van der Waals surface area contributed by atoms with E-state index in [-0.39, 0.29) is 0 Å².